The van der Waals surface area contributed by atoms with E-state index >= 15 is 0 Å². The standard InChI is InChI=1S/C17H22N2O4/c1-3-6-15(20)18-13-7-5-8-14(10-13)19-11-12(9-16(19)21)17(22)23-4-2/h5,7-8,10,12H,3-4,6,9,11H2,1-2H3,(H,18,20). The molecule has 1 heterocycles. The lowest BCUT2D eigenvalue weighted by atomic mass is 10.1. The van der Waals surface area contributed by atoms with E-state index in [1.807, 2.05) is 6.92 Å². The molecule has 2 amide bonds. The van der Waals surface area contributed by atoms with Crippen LogP contribution in [-0.4, -0.2) is 30.9 Å². The summed E-state index contributed by atoms with van der Waals surface area (Å²) in [5.41, 5.74) is 1.32. The molecular weight excluding hydrogens is 296 g/mol. The van der Waals surface area contributed by atoms with Crippen LogP contribution < -0.4 is 10.2 Å². The maximum absolute atomic E-state index is 12.2. The van der Waals surface area contributed by atoms with E-state index in [1.165, 1.54) is 0 Å². The van der Waals surface area contributed by atoms with E-state index in [2.05, 4.69) is 5.32 Å². The third-order valence-corrected chi connectivity index (χ3v) is 3.66. The van der Waals surface area contributed by atoms with E-state index in [-0.39, 0.29) is 24.2 Å². The molecule has 1 N–H and O–H groups in total. The minimum absolute atomic E-state index is 0.0539. The summed E-state index contributed by atoms with van der Waals surface area (Å²) in [5, 5.41) is 2.81. The molecule has 1 aromatic rings. The Morgan fingerprint density at radius 3 is 2.83 bits per heavy atom. The van der Waals surface area contributed by atoms with Gasteiger partial charge < -0.3 is 15.0 Å². The van der Waals surface area contributed by atoms with Crippen LogP contribution in [0.25, 0.3) is 0 Å². The maximum Gasteiger partial charge on any atom is 0.311 e. The fourth-order valence-corrected chi connectivity index (χ4v) is 2.58. The Labute approximate surface area is 135 Å². The van der Waals surface area contributed by atoms with E-state index < -0.39 is 5.92 Å². The first-order valence-electron chi connectivity index (χ1n) is 7.92. The Balaban J connectivity index is 2.08. The molecule has 1 aliphatic rings. The van der Waals surface area contributed by atoms with Crippen molar-refractivity contribution in [2.45, 2.75) is 33.1 Å². The third-order valence-electron chi connectivity index (χ3n) is 3.66. The quantitative estimate of drug-likeness (QED) is 0.817. The Bertz CT molecular complexity index is 600. The van der Waals surface area contributed by atoms with Crippen molar-refractivity contribution in [3.63, 3.8) is 0 Å². The van der Waals surface area contributed by atoms with Crippen molar-refractivity contribution in [1.82, 2.24) is 0 Å². The van der Waals surface area contributed by atoms with Crippen LogP contribution in [0.2, 0.25) is 0 Å². The van der Waals surface area contributed by atoms with Gasteiger partial charge in [-0.05, 0) is 31.5 Å². The van der Waals surface area contributed by atoms with Gasteiger partial charge in [0.25, 0.3) is 0 Å². The number of amides is 2. The summed E-state index contributed by atoms with van der Waals surface area (Å²) in [6.07, 6.45) is 1.39. The molecule has 6 nitrogen and oxygen atoms in total. The highest BCUT2D eigenvalue weighted by atomic mass is 16.5. The Morgan fingerprint density at radius 1 is 1.35 bits per heavy atom. The molecule has 6 heteroatoms. The van der Waals surface area contributed by atoms with Gasteiger partial charge in [0.05, 0.1) is 12.5 Å². The summed E-state index contributed by atoms with van der Waals surface area (Å²) in [6, 6.07) is 7.10. The van der Waals surface area contributed by atoms with Crippen LogP contribution in [0.4, 0.5) is 11.4 Å². The van der Waals surface area contributed by atoms with Crippen molar-refractivity contribution in [2.24, 2.45) is 5.92 Å². The van der Waals surface area contributed by atoms with Crippen molar-refractivity contribution in [3.8, 4) is 0 Å². The number of hydrogen-bond acceptors (Lipinski definition) is 4. The summed E-state index contributed by atoms with van der Waals surface area (Å²) in [5.74, 6) is -0.932. The minimum atomic E-state index is -0.430. The lowest BCUT2D eigenvalue weighted by molar-refractivity contribution is -0.147. The highest BCUT2D eigenvalue weighted by Gasteiger charge is 2.36. The van der Waals surface area contributed by atoms with Gasteiger partial charge in [-0.3, -0.25) is 14.4 Å². The van der Waals surface area contributed by atoms with Gasteiger partial charge in [-0.2, -0.15) is 0 Å². The van der Waals surface area contributed by atoms with Crippen LogP contribution in [0, 0.1) is 5.92 Å². The molecule has 1 unspecified atom stereocenters. The fraction of sp³-hybridized carbons (Fsp3) is 0.471. The van der Waals surface area contributed by atoms with Crippen molar-refractivity contribution in [1.29, 1.82) is 0 Å². The average molecular weight is 318 g/mol. The largest absolute Gasteiger partial charge is 0.466 e. The molecule has 1 aromatic carbocycles. The van der Waals surface area contributed by atoms with E-state index in [9.17, 15) is 14.4 Å². The monoisotopic (exact) mass is 318 g/mol. The SMILES string of the molecule is CCCC(=O)Nc1cccc(N2CC(C(=O)OCC)CC2=O)c1. The molecular formula is C17H22N2O4. The zero-order chi connectivity index (χ0) is 16.8. The van der Waals surface area contributed by atoms with Gasteiger partial charge in [-0.15, -0.1) is 0 Å². The second-order valence-corrected chi connectivity index (χ2v) is 5.51. The second kappa shape index (κ2) is 7.76. The van der Waals surface area contributed by atoms with Crippen LogP contribution in [0.15, 0.2) is 24.3 Å². The molecule has 124 valence electrons. The maximum atomic E-state index is 12.2. The number of esters is 1. The number of ether oxygens (including phenoxy) is 1. The summed E-state index contributed by atoms with van der Waals surface area (Å²) in [4.78, 5) is 37.2. The highest BCUT2D eigenvalue weighted by molar-refractivity contribution is 6.00. The van der Waals surface area contributed by atoms with Crippen LogP contribution in [0.1, 0.15) is 33.1 Å². The number of carbonyl (C=O) groups excluding carboxylic acids is 3. The first-order chi connectivity index (χ1) is 11.0. The third kappa shape index (κ3) is 4.31. The van der Waals surface area contributed by atoms with Crippen LogP contribution in [0.3, 0.4) is 0 Å². The number of nitrogens with one attached hydrogen (secondary N) is 1. The summed E-state index contributed by atoms with van der Waals surface area (Å²) in [6.45, 7) is 4.30. The lowest BCUT2D eigenvalue weighted by Gasteiger charge is -2.17. The molecule has 23 heavy (non-hydrogen) atoms. The number of carbonyl (C=O) groups is 3. The van der Waals surface area contributed by atoms with Crippen molar-refractivity contribution < 1.29 is 19.1 Å². The molecule has 0 radical (unpaired) electrons. The molecule has 1 fully saturated rings. The van der Waals surface area contributed by atoms with Gasteiger partial charge >= 0.3 is 5.97 Å². The van der Waals surface area contributed by atoms with E-state index in [1.54, 1.807) is 36.1 Å². The molecule has 2 rings (SSSR count). The molecule has 0 bridgehead atoms. The Kier molecular flexibility index (Phi) is 5.73. The first kappa shape index (κ1) is 17.0. The number of nitrogens with zero attached hydrogens (tertiary/aromatic N) is 1. The number of anilines is 2. The predicted octanol–water partition coefficient (Wildman–Crippen LogP) is 2.34. The number of benzene rings is 1. The van der Waals surface area contributed by atoms with Crippen molar-refractivity contribution >= 4 is 29.2 Å². The lowest BCUT2D eigenvalue weighted by Crippen LogP contribution is -2.26. The van der Waals surface area contributed by atoms with Crippen molar-refractivity contribution in [3.05, 3.63) is 24.3 Å². The summed E-state index contributed by atoms with van der Waals surface area (Å²) >= 11 is 0. The normalized spacial score (nSPS) is 17.2. The minimum Gasteiger partial charge on any atom is -0.466 e. The molecule has 0 saturated carbocycles. The Hall–Kier alpha value is -2.37. The zero-order valence-corrected chi connectivity index (χ0v) is 13.5. The van der Waals surface area contributed by atoms with Gasteiger partial charge in [-0.1, -0.05) is 13.0 Å². The molecule has 0 spiro atoms. The summed E-state index contributed by atoms with van der Waals surface area (Å²) < 4.78 is 4.99. The number of rotatable bonds is 6. The Morgan fingerprint density at radius 2 is 2.13 bits per heavy atom. The van der Waals surface area contributed by atoms with Gasteiger partial charge in [-0.25, -0.2) is 0 Å². The summed E-state index contributed by atoms with van der Waals surface area (Å²) in [7, 11) is 0. The van der Waals surface area contributed by atoms with Gasteiger partial charge in [0, 0.05) is 30.8 Å². The highest BCUT2D eigenvalue weighted by Crippen LogP contribution is 2.27. The molecule has 1 aliphatic heterocycles. The van der Waals surface area contributed by atoms with E-state index in [0.29, 0.717) is 30.9 Å². The smallest absolute Gasteiger partial charge is 0.311 e. The molecule has 0 aromatic heterocycles. The zero-order valence-electron chi connectivity index (χ0n) is 13.5. The molecule has 1 saturated heterocycles. The topological polar surface area (TPSA) is 75.7 Å². The number of hydrogen-bond donors (Lipinski definition) is 1. The molecule has 1 atom stereocenters. The first-order valence-corrected chi connectivity index (χ1v) is 7.92. The van der Waals surface area contributed by atoms with Crippen LogP contribution in [-0.2, 0) is 19.1 Å². The average Bonchev–Trinajstić information content (AvgIpc) is 2.90. The van der Waals surface area contributed by atoms with Crippen molar-refractivity contribution in [2.75, 3.05) is 23.4 Å². The second-order valence-electron chi connectivity index (χ2n) is 5.51. The fourth-order valence-electron chi connectivity index (χ4n) is 2.58. The van der Waals surface area contributed by atoms with E-state index in [0.717, 1.165) is 6.42 Å². The van der Waals surface area contributed by atoms with Crippen LogP contribution >= 0.6 is 0 Å². The van der Waals surface area contributed by atoms with Crippen LogP contribution in [0.5, 0.6) is 0 Å². The van der Waals surface area contributed by atoms with Gasteiger partial charge in [0.2, 0.25) is 11.8 Å². The predicted molar refractivity (Wildman–Crippen MR) is 87.1 cm³/mol. The van der Waals surface area contributed by atoms with E-state index in [4.69, 9.17) is 4.74 Å². The molecule has 0 aliphatic carbocycles. The van der Waals surface area contributed by atoms with Gasteiger partial charge in [0.15, 0.2) is 0 Å². The van der Waals surface area contributed by atoms with Gasteiger partial charge in [0.1, 0.15) is 0 Å².